The molecule has 3 aliphatic carbocycles. The number of nitrogens with one attached hydrogen (secondary N) is 1. The highest BCUT2D eigenvalue weighted by atomic mass is 19.4. The van der Waals surface area contributed by atoms with E-state index in [1.165, 1.54) is 18.9 Å². The SMILES string of the molecule is O=C(N1CCc2ncc(C(F)(F)F)cc2C1)[C@@]12CCC[C@@H]1C[C@@H](N[C@H]1CCOCC13CC3)C2. The van der Waals surface area contributed by atoms with Gasteiger partial charge in [-0.3, -0.25) is 9.78 Å². The molecule has 1 aromatic rings. The first-order chi connectivity index (χ1) is 15.8. The average Bonchev–Trinajstić information content (AvgIpc) is 3.30. The highest BCUT2D eigenvalue weighted by molar-refractivity contribution is 5.84. The number of carbonyl (C=O) groups is 1. The molecule has 1 spiro atoms. The van der Waals surface area contributed by atoms with E-state index in [2.05, 4.69) is 10.3 Å². The van der Waals surface area contributed by atoms with Crippen molar-refractivity contribution in [3.8, 4) is 0 Å². The van der Waals surface area contributed by atoms with Crippen LogP contribution in [-0.4, -0.2) is 47.6 Å². The van der Waals surface area contributed by atoms with Crippen LogP contribution in [0.1, 0.15) is 68.2 Å². The number of pyridine rings is 1. The van der Waals surface area contributed by atoms with Gasteiger partial charge in [0.1, 0.15) is 0 Å². The van der Waals surface area contributed by atoms with Gasteiger partial charge in [0, 0.05) is 55.5 Å². The lowest BCUT2D eigenvalue weighted by molar-refractivity contribution is -0.144. The fraction of sp³-hybridized carbons (Fsp3) is 0.760. The largest absolute Gasteiger partial charge is 0.417 e. The highest BCUT2D eigenvalue weighted by Crippen LogP contribution is 2.57. The molecule has 180 valence electrons. The zero-order chi connectivity index (χ0) is 22.8. The number of hydrogen-bond donors (Lipinski definition) is 1. The molecule has 8 heteroatoms. The van der Waals surface area contributed by atoms with Crippen molar-refractivity contribution in [2.24, 2.45) is 16.7 Å². The van der Waals surface area contributed by atoms with E-state index in [0.29, 0.717) is 47.6 Å². The molecule has 5 nitrogen and oxygen atoms in total. The number of nitrogens with zero attached hydrogens (tertiary/aromatic N) is 2. The standard InChI is InChI=1S/C25H32F3N3O2/c26-25(27,28)18-10-16-14-31(8-3-20(16)29-13-18)22(32)24-5-1-2-17(24)11-19(12-24)30-21-4-9-33-15-23(21)6-7-23/h10,13,17,19,21,30H,1-9,11-12,14-15H2/t17-,19-,21+,24-/m1/s1. The first-order valence-corrected chi connectivity index (χ1v) is 12.5. The normalized spacial score (nSPS) is 34.9. The predicted octanol–water partition coefficient (Wildman–Crippen LogP) is 4.09. The second kappa shape index (κ2) is 7.67. The lowest BCUT2D eigenvalue weighted by Gasteiger charge is -2.38. The Morgan fingerprint density at radius 2 is 2.09 bits per heavy atom. The van der Waals surface area contributed by atoms with Crippen LogP contribution in [0.15, 0.2) is 12.3 Å². The van der Waals surface area contributed by atoms with Crippen LogP contribution in [0.5, 0.6) is 0 Å². The van der Waals surface area contributed by atoms with Crippen molar-refractivity contribution in [2.45, 2.75) is 82.6 Å². The van der Waals surface area contributed by atoms with Crippen LogP contribution in [0.25, 0.3) is 0 Å². The van der Waals surface area contributed by atoms with Crippen molar-refractivity contribution in [3.05, 3.63) is 29.1 Å². The van der Waals surface area contributed by atoms with Gasteiger partial charge in [0.25, 0.3) is 0 Å². The Kier molecular flexibility index (Phi) is 5.07. The van der Waals surface area contributed by atoms with Crippen molar-refractivity contribution in [2.75, 3.05) is 19.8 Å². The fourth-order valence-corrected chi connectivity index (χ4v) is 7.27. The predicted molar refractivity (Wildman–Crippen MR) is 115 cm³/mol. The zero-order valence-corrected chi connectivity index (χ0v) is 18.9. The lowest BCUT2D eigenvalue weighted by atomic mass is 9.78. The number of fused-ring (bicyclic) bond motifs is 2. The van der Waals surface area contributed by atoms with Gasteiger partial charge in [0.15, 0.2) is 0 Å². The molecule has 33 heavy (non-hydrogen) atoms. The summed E-state index contributed by atoms with van der Waals surface area (Å²) in [7, 11) is 0. The maximum Gasteiger partial charge on any atom is 0.417 e. The molecule has 0 radical (unpaired) electrons. The summed E-state index contributed by atoms with van der Waals surface area (Å²) in [5.74, 6) is 0.531. The molecule has 1 saturated heterocycles. The molecular formula is C25H32F3N3O2. The molecule has 4 fully saturated rings. The number of alkyl halides is 3. The summed E-state index contributed by atoms with van der Waals surface area (Å²) in [5.41, 5.74) is 0.454. The molecule has 6 rings (SSSR count). The second-order valence-electron chi connectivity index (χ2n) is 11.1. The van der Waals surface area contributed by atoms with Crippen LogP contribution in [0.3, 0.4) is 0 Å². The number of rotatable bonds is 3. The Labute approximate surface area is 192 Å². The maximum atomic E-state index is 13.9. The summed E-state index contributed by atoms with van der Waals surface area (Å²) < 4.78 is 45.3. The summed E-state index contributed by atoms with van der Waals surface area (Å²) in [5, 5.41) is 3.94. The van der Waals surface area contributed by atoms with Crippen LogP contribution in [0.2, 0.25) is 0 Å². The molecule has 0 unspecified atom stereocenters. The molecule has 3 saturated carbocycles. The van der Waals surface area contributed by atoms with Crippen LogP contribution in [0.4, 0.5) is 13.2 Å². The third-order valence-electron chi connectivity index (χ3n) is 9.23. The van der Waals surface area contributed by atoms with Crippen LogP contribution in [0, 0.1) is 16.7 Å². The maximum absolute atomic E-state index is 13.9. The topological polar surface area (TPSA) is 54.5 Å². The van der Waals surface area contributed by atoms with E-state index in [1.54, 1.807) is 0 Å². The Balaban J connectivity index is 1.18. The van der Waals surface area contributed by atoms with Gasteiger partial charge in [0.05, 0.1) is 17.6 Å². The van der Waals surface area contributed by atoms with Crippen LogP contribution >= 0.6 is 0 Å². The Morgan fingerprint density at radius 1 is 1.24 bits per heavy atom. The van der Waals surface area contributed by atoms with Crippen molar-refractivity contribution < 1.29 is 22.7 Å². The number of amides is 1. The molecule has 2 aliphatic heterocycles. The minimum absolute atomic E-state index is 0.158. The third kappa shape index (κ3) is 3.68. The summed E-state index contributed by atoms with van der Waals surface area (Å²) in [4.78, 5) is 19.8. The number of aromatic nitrogens is 1. The number of ether oxygens (including phenoxy) is 1. The second-order valence-corrected chi connectivity index (χ2v) is 11.1. The number of halogens is 3. The molecular weight excluding hydrogens is 431 g/mol. The van der Waals surface area contributed by atoms with E-state index >= 15 is 0 Å². The van der Waals surface area contributed by atoms with Crippen LogP contribution in [-0.2, 0) is 28.7 Å². The van der Waals surface area contributed by atoms with Gasteiger partial charge in [0.2, 0.25) is 5.91 Å². The Bertz CT molecular complexity index is 947. The van der Waals surface area contributed by atoms with E-state index < -0.39 is 11.7 Å². The number of hydrogen-bond acceptors (Lipinski definition) is 4. The van der Waals surface area contributed by atoms with Gasteiger partial charge >= 0.3 is 6.18 Å². The average molecular weight is 464 g/mol. The minimum atomic E-state index is -4.42. The van der Waals surface area contributed by atoms with Crippen molar-refractivity contribution in [1.82, 2.24) is 15.2 Å². The first-order valence-electron chi connectivity index (χ1n) is 12.5. The van der Waals surface area contributed by atoms with Gasteiger partial charge in [-0.1, -0.05) is 6.42 Å². The summed E-state index contributed by atoms with van der Waals surface area (Å²) in [6.45, 7) is 2.44. The van der Waals surface area contributed by atoms with Crippen molar-refractivity contribution in [1.29, 1.82) is 0 Å². The summed E-state index contributed by atoms with van der Waals surface area (Å²) in [6.07, 6.45) is 5.44. The van der Waals surface area contributed by atoms with E-state index in [1.807, 2.05) is 4.90 Å². The zero-order valence-electron chi connectivity index (χ0n) is 18.9. The summed E-state index contributed by atoms with van der Waals surface area (Å²) >= 11 is 0. The molecule has 0 bridgehead atoms. The molecule has 1 amide bonds. The molecule has 1 aromatic heterocycles. The summed E-state index contributed by atoms with van der Waals surface area (Å²) in [6, 6.07) is 2.01. The van der Waals surface area contributed by atoms with Crippen molar-refractivity contribution in [3.63, 3.8) is 0 Å². The smallest absolute Gasteiger partial charge is 0.381 e. The van der Waals surface area contributed by atoms with Gasteiger partial charge in [-0.15, -0.1) is 0 Å². The first kappa shape index (κ1) is 21.8. The fourth-order valence-electron chi connectivity index (χ4n) is 7.27. The van der Waals surface area contributed by atoms with E-state index in [9.17, 15) is 18.0 Å². The third-order valence-corrected chi connectivity index (χ3v) is 9.23. The monoisotopic (exact) mass is 463 g/mol. The lowest BCUT2D eigenvalue weighted by Crippen LogP contribution is -2.49. The van der Waals surface area contributed by atoms with E-state index in [-0.39, 0.29) is 17.9 Å². The minimum Gasteiger partial charge on any atom is -0.381 e. The highest BCUT2D eigenvalue weighted by Gasteiger charge is 2.58. The Morgan fingerprint density at radius 3 is 2.88 bits per heavy atom. The van der Waals surface area contributed by atoms with Crippen LogP contribution < -0.4 is 5.32 Å². The quantitative estimate of drug-likeness (QED) is 0.734. The van der Waals surface area contributed by atoms with Gasteiger partial charge in [-0.2, -0.15) is 13.2 Å². The van der Waals surface area contributed by atoms with Crippen molar-refractivity contribution >= 4 is 5.91 Å². The molecule has 5 aliphatic rings. The van der Waals surface area contributed by atoms with E-state index in [4.69, 9.17) is 4.74 Å². The number of carbonyl (C=O) groups excluding carboxylic acids is 1. The molecule has 4 atom stereocenters. The molecule has 3 heterocycles. The van der Waals surface area contributed by atoms with E-state index in [0.717, 1.165) is 57.9 Å². The molecule has 0 aromatic carbocycles. The Hall–Kier alpha value is -1.67. The van der Waals surface area contributed by atoms with Gasteiger partial charge in [-0.25, -0.2) is 0 Å². The van der Waals surface area contributed by atoms with Gasteiger partial charge < -0.3 is 15.0 Å². The molecule has 1 N–H and O–H groups in total. The van der Waals surface area contributed by atoms with Gasteiger partial charge in [-0.05, 0) is 62.5 Å².